The van der Waals surface area contributed by atoms with Crippen molar-refractivity contribution in [3.8, 4) is 0 Å². The fourth-order valence-electron chi connectivity index (χ4n) is 2.93. The van der Waals surface area contributed by atoms with E-state index in [0.29, 0.717) is 11.6 Å². The first-order valence-electron chi connectivity index (χ1n) is 8.10. The molecule has 0 N–H and O–H groups in total. The quantitative estimate of drug-likeness (QED) is 0.594. The Balaban J connectivity index is 1.96. The largest absolute Gasteiger partial charge is 0.336 e. The molecule has 1 aliphatic heterocycles. The van der Waals surface area contributed by atoms with E-state index in [4.69, 9.17) is 11.6 Å². The highest BCUT2D eigenvalue weighted by molar-refractivity contribution is 8.08. The molecule has 0 fully saturated rings. The topological polar surface area (TPSA) is 29.1 Å². The minimum Gasteiger partial charge on any atom is -0.336 e. The molecule has 0 bridgehead atoms. The van der Waals surface area contributed by atoms with Gasteiger partial charge in [0, 0.05) is 18.5 Å². The Morgan fingerprint density at radius 3 is 2.81 bits per heavy atom. The number of fused-ring (bicyclic) bond motifs is 1. The van der Waals surface area contributed by atoms with Crippen LogP contribution in [0.5, 0.6) is 0 Å². The van der Waals surface area contributed by atoms with Crippen LogP contribution in [0.1, 0.15) is 11.9 Å². The van der Waals surface area contributed by atoms with Gasteiger partial charge in [0.1, 0.15) is 21.3 Å². The Labute approximate surface area is 168 Å². The minimum absolute atomic E-state index is 0.0567. The molecule has 0 unspecified atom stereocenters. The summed E-state index contributed by atoms with van der Waals surface area (Å²) in [7, 11) is 3.98. The molecular formula is C18H17ClN3OS3+. The molecule has 1 aliphatic rings. The molecule has 2 aromatic heterocycles. The zero-order chi connectivity index (χ0) is 18.4. The number of hydrogen-bond donors (Lipinski definition) is 0. The fraction of sp³-hybridized carbons (Fsp3) is 0.222. The summed E-state index contributed by atoms with van der Waals surface area (Å²) in [5.74, 6) is 0. The average molecular weight is 423 g/mol. The van der Waals surface area contributed by atoms with Gasteiger partial charge < -0.3 is 4.90 Å². The minimum atomic E-state index is 0.0567. The molecule has 1 aromatic carbocycles. The van der Waals surface area contributed by atoms with Crippen molar-refractivity contribution in [3.63, 3.8) is 0 Å². The van der Waals surface area contributed by atoms with Crippen LogP contribution in [-0.4, -0.2) is 11.6 Å². The number of benzene rings is 1. The van der Waals surface area contributed by atoms with Gasteiger partial charge in [-0.05, 0) is 19.1 Å². The molecule has 0 radical (unpaired) electrons. The Morgan fingerprint density at radius 2 is 2.15 bits per heavy atom. The van der Waals surface area contributed by atoms with E-state index in [1.165, 1.54) is 0 Å². The van der Waals surface area contributed by atoms with E-state index < -0.39 is 0 Å². The number of thioether (sulfide) groups is 1. The van der Waals surface area contributed by atoms with Crippen LogP contribution < -0.4 is 24.2 Å². The number of hydrogen-bond acceptors (Lipinski definition) is 5. The van der Waals surface area contributed by atoms with E-state index in [0.717, 1.165) is 29.8 Å². The zero-order valence-corrected chi connectivity index (χ0v) is 17.7. The summed E-state index contributed by atoms with van der Waals surface area (Å²) in [6.07, 6.45) is 4.11. The first-order valence-corrected chi connectivity index (χ1v) is 11.0. The van der Waals surface area contributed by atoms with E-state index in [-0.39, 0.29) is 5.56 Å². The SMILES string of the molecule is CCn1c(=O)/c(=C2\Sc3cccc(Cl)c3N2C)s/c1=C\c1scc[n+]1C. The van der Waals surface area contributed by atoms with E-state index in [2.05, 4.69) is 10.6 Å². The Morgan fingerprint density at radius 1 is 1.35 bits per heavy atom. The fourth-order valence-corrected chi connectivity index (χ4v) is 6.64. The summed E-state index contributed by atoms with van der Waals surface area (Å²) >= 11 is 11.2. The van der Waals surface area contributed by atoms with Crippen molar-refractivity contribution in [2.24, 2.45) is 7.05 Å². The van der Waals surface area contributed by atoms with Gasteiger partial charge in [0.2, 0.25) is 0 Å². The second kappa shape index (κ2) is 6.88. The van der Waals surface area contributed by atoms with Crippen molar-refractivity contribution in [2.45, 2.75) is 18.4 Å². The Bertz CT molecular complexity index is 1180. The molecule has 0 aliphatic carbocycles. The smallest absolute Gasteiger partial charge is 0.271 e. The van der Waals surface area contributed by atoms with Crippen LogP contribution in [0, 0.1) is 0 Å². The summed E-state index contributed by atoms with van der Waals surface area (Å²) < 4.78 is 5.63. The molecule has 26 heavy (non-hydrogen) atoms. The highest BCUT2D eigenvalue weighted by Crippen LogP contribution is 2.48. The molecule has 8 heteroatoms. The van der Waals surface area contributed by atoms with Crippen molar-refractivity contribution < 1.29 is 4.57 Å². The third-order valence-corrected chi connectivity index (χ3v) is 7.97. The zero-order valence-electron chi connectivity index (χ0n) is 14.5. The van der Waals surface area contributed by atoms with Gasteiger partial charge in [-0.2, -0.15) is 4.57 Å². The summed E-state index contributed by atoms with van der Waals surface area (Å²) in [5.41, 5.74) is 1.03. The number of aromatic nitrogens is 2. The number of rotatable bonds is 2. The average Bonchev–Trinajstić information content (AvgIpc) is 3.26. The predicted molar refractivity (Wildman–Crippen MR) is 112 cm³/mol. The van der Waals surface area contributed by atoms with Gasteiger partial charge in [0.25, 0.3) is 10.6 Å². The number of nitrogens with zero attached hydrogens (tertiary/aromatic N) is 3. The summed E-state index contributed by atoms with van der Waals surface area (Å²) in [5, 5.41) is 4.81. The van der Waals surface area contributed by atoms with Crippen molar-refractivity contribution in [3.05, 3.63) is 59.4 Å². The molecule has 0 spiro atoms. The summed E-state index contributed by atoms with van der Waals surface area (Å²) in [6, 6.07) is 5.87. The van der Waals surface area contributed by atoms with Crippen LogP contribution in [0.25, 0.3) is 11.1 Å². The lowest BCUT2D eigenvalue weighted by molar-refractivity contribution is -0.668. The van der Waals surface area contributed by atoms with Crippen molar-refractivity contribution in [2.75, 3.05) is 11.9 Å². The van der Waals surface area contributed by atoms with Crippen LogP contribution in [0.15, 0.2) is 39.5 Å². The number of anilines is 1. The number of aryl methyl sites for hydroxylation is 1. The van der Waals surface area contributed by atoms with Crippen molar-refractivity contribution in [1.82, 2.24) is 4.57 Å². The standard InChI is InChI=1S/C18H17ClN3OS3/c1-4-22-14(10-13-20(2)8-9-24-13)26-16(17(22)23)18-21(3)15-11(19)6-5-7-12(15)25-18/h5-10H,4H2,1-3H3/q+1/b18-16+. The molecule has 0 atom stereocenters. The molecule has 0 saturated carbocycles. The van der Waals surface area contributed by atoms with Crippen LogP contribution in [0.2, 0.25) is 5.02 Å². The number of halogens is 1. The van der Waals surface area contributed by atoms with Gasteiger partial charge in [-0.15, -0.1) is 11.3 Å². The van der Waals surface area contributed by atoms with Gasteiger partial charge in [-0.25, -0.2) is 0 Å². The molecule has 3 aromatic rings. The molecule has 4 rings (SSSR count). The third-order valence-electron chi connectivity index (χ3n) is 4.29. The van der Waals surface area contributed by atoms with Gasteiger partial charge in [-0.3, -0.25) is 9.36 Å². The predicted octanol–water partition coefficient (Wildman–Crippen LogP) is 2.61. The van der Waals surface area contributed by atoms with Gasteiger partial charge >= 0.3 is 0 Å². The normalized spacial score (nSPS) is 16.5. The van der Waals surface area contributed by atoms with Gasteiger partial charge in [-0.1, -0.05) is 40.8 Å². The summed E-state index contributed by atoms with van der Waals surface area (Å²) in [4.78, 5) is 16.2. The highest BCUT2D eigenvalue weighted by Gasteiger charge is 2.26. The molecule has 3 heterocycles. The Kier molecular flexibility index (Phi) is 4.73. The van der Waals surface area contributed by atoms with Crippen LogP contribution >= 0.6 is 46.0 Å². The second-order valence-corrected chi connectivity index (χ2v) is 9.26. The van der Waals surface area contributed by atoms with E-state index in [1.54, 1.807) is 34.4 Å². The molecule has 134 valence electrons. The van der Waals surface area contributed by atoms with E-state index in [1.807, 2.05) is 60.3 Å². The number of thiazole rings is 2. The maximum atomic E-state index is 13.1. The van der Waals surface area contributed by atoms with E-state index in [9.17, 15) is 4.79 Å². The van der Waals surface area contributed by atoms with Crippen LogP contribution in [0.3, 0.4) is 0 Å². The molecule has 4 nitrogen and oxygen atoms in total. The first kappa shape index (κ1) is 17.9. The third kappa shape index (κ3) is 2.83. The van der Waals surface area contributed by atoms with Crippen LogP contribution in [0.4, 0.5) is 5.69 Å². The lowest BCUT2D eigenvalue weighted by Crippen LogP contribution is -2.34. The van der Waals surface area contributed by atoms with Gasteiger partial charge in [0.05, 0.1) is 22.2 Å². The number of para-hydroxylation sites is 1. The van der Waals surface area contributed by atoms with Crippen LogP contribution in [-0.2, 0) is 13.6 Å². The molecule has 0 amide bonds. The maximum Gasteiger partial charge on any atom is 0.271 e. The second-order valence-electron chi connectivity index (χ2n) is 5.87. The van der Waals surface area contributed by atoms with Crippen molar-refractivity contribution >= 4 is 62.8 Å². The lowest BCUT2D eigenvalue weighted by Gasteiger charge is -2.13. The Hall–Kier alpha value is -1.54. The van der Waals surface area contributed by atoms with E-state index >= 15 is 0 Å². The maximum absolute atomic E-state index is 13.1. The lowest BCUT2D eigenvalue weighted by atomic mass is 10.3. The monoisotopic (exact) mass is 422 g/mol. The van der Waals surface area contributed by atoms with Gasteiger partial charge in [0.15, 0.2) is 6.20 Å². The first-order chi connectivity index (χ1) is 12.5. The molecule has 0 saturated heterocycles. The summed E-state index contributed by atoms with van der Waals surface area (Å²) in [6.45, 7) is 2.65. The van der Waals surface area contributed by atoms with Crippen molar-refractivity contribution in [1.29, 1.82) is 0 Å². The molecular weight excluding hydrogens is 406 g/mol. The highest BCUT2D eigenvalue weighted by atomic mass is 35.5.